The summed E-state index contributed by atoms with van der Waals surface area (Å²) in [4.78, 5) is 12.3. The Hall–Kier alpha value is -1.06. The SMILES string of the molecule is Cc1ccc(CC(C)NC(=O)C2CCCC(N)C2)c(C)c1.Cl. The highest BCUT2D eigenvalue weighted by atomic mass is 35.5. The Morgan fingerprint density at radius 2 is 2.09 bits per heavy atom. The second-order valence-corrected chi connectivity index (χ2v) is 6.67. The lowest BCUT2D eigenvalue weighted by molar-refractivity contribution is -0.126. The van der Waals surface area contributed by atoms with E-state index in [9.17, 15) is 4.79 Å². The Labute approximate surface area is 140 Å². The minimum Gasteiger partial charge on any atom is -0.353 e. The smallest absolute Gasteiger partial charge is 0.223 e. The van der Waals surface area contributed by atoms with Crippen molar-refractivity contribution < 1.29 is 4.79 Å². The molecule has 0 spiro atoms. The number of amides is 1. The topological polar surface area (TPSA) is 55.1 Å². The minimum absolute atomic E-state index is 0. The zero-order valence-electron chi connectivity index (χ0n) is 13.9. The van der Waals surface area contributed by atoms with Crippen LogP contribution in [-0.2, 0) is 11.2 Å². The van der Waals surface area contributed by atoms with Gasteiger partial charge >= 0.3 is 0 Å². The predicted octanol–water partition coefficient (Wildman–Crippen LogP) is 3.29. The molecule has 1 aromatic carbocycles. The number of carbonyl (C=O) groups excluding carboxylic acids is 1. The van der Waals surface area contributed by atoms with Crippen LogP contribution in [0, 0.1) is 19.8 Å². The number of halogens is 1. The molecule has 0 bridgehead atoms. The molecule has 0 aromatic heterocycles. The number of hydrogen-bond acceptors (Lipinski definition) is 2. The van der Waals surface area contributed by atoms with E-state index in [0.29, 0.717) is 0 Å². The van der Waals surface area contributed by atoms with E-state index in [1.165, 1.54) is 16.7 Å². The second kappa shape index (κ2) is 8.54. The average Bonchev–Trinajstić information content (AvgIpc) is 2.42. The Morgan fingerprint density at radius 3 is 2.73 bits per heavy atom. The number of nitrogens with one attached hydrogen (secondary N) is 1. The van der Waals surface area contributed by atoms with E-state index < -0.39 is 0 Å². The average molecular weight is 325 g/mol. The van der Waals surface area contributed by atoms with E-state index >= 15 is 0 Å². The molecule has 0 saturated heterocycles. The van der Waals surface area contributed by atoms with Crippen molar-refractivity contribution in [3.05, 3.63) is 34.9 Å². The molecule has 1 aliphatic carbocycles. The number of benzene rings is 1. The first-order valence-electron chi connectivity index (χ1n) is 8.07. The second-order valence-electron chi connectivity index (χ2n) is 6.67. The van der Waals surface area contributed by atoms with Crippen molar-refractivity contribution in [2.75, 3.05) is 0 Å². The van der Waals surface area contributed by atoms with Gasteiger partial charge in [0, 0.05) is 18.0 Å². The number of rotatable bonds is 4. The normalized spacial score (nSPS) is 22.5. The van der Waals surface area contributed by atoms with Crippen molar-refractivity contribution >= 4 is 18.3 Å². The summed E-state index contributed by atoms with van der Waals surface area (Å²) in [6.07, 6.45) is 4.83. The predicted molar refractivity (Wildman–Crippen MR) is 94.4 cm³/mol. The van der Waals surface area contributed by atoms with Gasteiger partial charge in [-0.1, -0.05) is 30.2 Å². The molecule has 1 amide bonds. The van der Waals surface area contributed by atoms with Crippen LogP contribution in [0.2, 0.25) is 0 Å². The maximum absolute atomic E-state index is 12.3. The molecule has 1 saturated carbocycles. The monoisotopic (exact) mass is 324 g/mol. The van der Waals surface area contributed by atoms with Crippen molar-refractivity contribution in [2.24, 2.45) is 11.7 Å². The van der Waals surface area contributed by atoms with Crippen molar-refractivity contribution in [1.82, 2.24) is 5.32 Å². The molecule has 22 heavy (non-hydrogen) atoms. The van der Waals surface area contributed by atoms with E-state index in [4.69, 9.17) is 5.73 Å². The van der Waals surface area contributed by atoms with Crippen LogP contribution in [-0.4, -0.2) is 18.0 Å². The standard InChI is InChI=1S/C18H28N2O.ClH/c1-12-7-8-15(13(2)9-12)10-14(3)20-18(21)16-5-4-6-17(19)11-16;/h7-9,14,16-17H,4-6,10-11,19H2,1-3H3,(H,20,21);1H. The molecular formula is C18H29ClN2O. The molecule has 0 heterocycles. The summed E-state index contributed by atoms with van der Waals surface area (Å²) in [5.74, 6) is 0.290. The third kappa shape index (κ3) is 5.29. The molecule has 1 aromatic rings. The molecule has 1 fully saturated rings. The van der Waals surface area contributed by atoms with Crippen LogP contribution in [0.4, 0.5) is 0 Å². The first-order chi connectivity index (χ1) is 9.95. The maximum Gasteiger partial charge on any atom is 0.223 e. The molecular weight excluding hydrogens is 296 g/mol. The molecule has 0 aliphatic heterocycles. The fourth-order valence-electron chi connectivity index (χ4n) is 3.28. The van der Waals surface area contributed by atoms with Gasteiger partial charge in [-0.25, -0.2) is 0 Å². The summed E-state index contributed by atoms with van der Waals surface area (Å²) in [6.45, 7) is 6.32. The van der Waals surface area contributed by atoms with Crippen LogP contribution in [0.3, 0.4) is 0 Å². The summed E-state index contributed by atoms with van der Waals surface area (Å²) in [7, 11) is 0. The van der Waals surface area contributed by atoms with Crippen LogP contribution >= 0.6 is 12.4 Å². The Kier molecular flexibility index (Phi) is 7.37. The van der Waals surface area contributed by atoms with Crippen LogP contribution in [0.15, 0.2) is 18.2 Å². The van der Waals surface area contributed by atoms with Gasteiger partial charge < -0.3 is 11.1 Å². The summed E-state index contributed by atoms with van der Waals surface area (Å²) in [5, 5.41) is 3.17. The summed E-state index contributed by atoms with van der Waals surface area (Å²) in [6, 6.07) is 6.87. The molecule has 1 aliphatic rings. The van der Waals surface area contributed by atoms with Crippen molar-refractivity contribution in [2.45, 2.75) is 65.0 Å². The maximum atomic E-state index is 12.3. The van der Waals surface area contributed by atoms with Crippen LogP contribution in [0.1, 0.15) is 49.3 Å². The summed E-state index contributed by atoms with van der Waals surface area (Å²) < 4.78 is 0. The van der Waals surface area contributed by atoms with Gasteiger partial charge in [-0.15, -0.1) is 12.4 Å². The van der Waals surface area contributed by atoms with Gasteiger partial charge in [0.05, 0.1) is 0 Å². The third-order valence-electron chi connectivity index (χ3n) is 4.50. The summed E-state index contributed by atoms with van der Waals surface area (Å²) >= 11 is 0. The van der Waals surface area contributed by atoms with Gasteiger partial charge in [0.25, 0.3) is 0 Å². The van der Waals surface area contributed by atoms with E-state index in [1.807, 2.05) is 0 Å². The molecule has 0 radical (unpaired) electrons. The molecule has 124 valence electrons. The number of carbonyl (C=O) groups is 1. The number of aryl methyl sites for hydroxylation is 2. The zero-order valence-corrected chi connectivity index (χ0v) is 14.7. The Balaban J connectivity index is 0.00000242. The number of nitrogens with two attached hydrogens (primary N) is 1. The van der Waals surface area contributed by atoms with E-state index in [-0.39, 0.29) is 36.3 Å². The largest absolute Gasteiger partial charge is 0.353 e. The lowest BCUT2D eigenvalue weighted by atomic mass is 9.85. The van der Waals surface area contributed by atoms with Gasteiger partial charge in [-0.3, -0.25) is 4.79 Å². The van der Waals surface area contributed by atoms with Crippen molar-refractivity contribution in [3.63, 3.8) is 0 Å². The third-order valence-corrected chi connectivity index (χ3v) is 4.50. The summed E-state index contributed by atoms with van der Waals surface area (Å²) in [5.41, 5.74) is 9.87. The van der Waals surface area contributed by atoms with Gasteiger partial charge in [0.15, 0.2) is 0 Å². The van der Waals surface area contributed by atoms with Crippen LogP contribution in [0.5, 0.6) is 0 Å². The Bertz CT molecular complexity index is 504. The van der Waals surface area contributed by atoms with Gasteiger partial charge in [0.1, 0.15) is 0 Å². The van der Waals surface area contributed by atoms with E-state index in [0.717, 1.165) is 32.1 Å². The molecule has 3 nitrogen and oxygen atoms in total. The van der Waals surface area contributed by atoms with Gasteiger partial charge in [-0.05, 0) is 57.6 Å². The van der Waals surface area contributed by atoms with Crippen molar-refractivity contribution in [3.8, 4) is 0 Å². The molecule has 3 unspecified atom stereocenters. The minimum atomic E-state index is 0. The van der Waals surface area contributed by atoms with E-state index in [2.05, 4.69) is 44.3 Å². The highest BCUT2D eigenvalue weighted by Crippen LogP contribution is 2.23. The lowest BCUT2D eigenvalue weighted by Crippen LogP contribution is -2.42. The molecule has 3 N–H and O–H groups in total. The highest BCUT2D eigenvalue weighted by Gasteiger charge is 2.26. The van der Waals surface area contributed by atoms with Crippen LogP contribution in [0.25, 0.3) is 0 Å². The first-order valence-corrected chi connectivity index (χ1v) is 8.07. The van der Waals surface area contributed by atoms with Crippen molar-refractivity contribution in [1.29, 1.82) is 0 Å². The van der Waals surface area contributed by atoms with Gasteiger partial charge in [-0.2, -0.15) is 0 Å². The quantitative estimate of drug-likeness (QED) is 0.893. The van der Waals surface area contributed by atoms with Gasteiger partial charge in [0.2, 0.25) is 5.91 Å². The highest BCUT2D eigenvalue weighted by molar-refractivity contribution is 5.85. The first kappa shape index (κ1) is 19.0. The zero-order chi connectivity index (χ0) is 15.4. The molecule has 2 rings (SSSR count). The fourth-order valence-corrected chi connectivity index (χ4v) is 3.28. The molecule has 4 heteroatoms. The van der Waals surface area contributed by atoms with E-state index in [1.54, 1.807) is 0 Å². The molecule has 3 atom stereocenters. The fraction of sp³-hybridized carbons (Fsp3) is 0.611. The Morgan fingerprint density at radius 1 is 1.36 bits per heavy atom. The lowest BCUT2D eigenvalue weighted by Gasteiger charge is -2.27. The number of hydrogen-bond donors (Lipinski definition) is 2. The van der Waals surface area contributed by atoms with Crippen LogP contribution < -0.4 is 11.1 Å².